The average molecular weight is 549 g/mol. The second-order valence-corrected chi connectivity index (χ2v) is 7.87. The summed E-state index contributed by atoms with van der Waals surface area (Å²) in [6, 6.07) is 14.5. The fourth-order valence-corrected chi connectivity index (χ4v) is 4.32. The number of hydrogen-bond donors (Lipinski definition) is 1. The molecule has 31 heavy (non-hydrogen) atoms. The van der Waals surface area contributed by atoms with Crippen molar-refractivity contribution in [2.75, 3.05) is 38.1 Å². The standard InChI is InChI=1S/C22H27N7S.HI/c1-3-20-26-22(30-27-20)29-13-11-28(12-14-29)21(23-2)25-16-17-7-6-8-18(15-17)19-9-4-5-10-24-19;/h4-10,15H,3,11-14,16H2,1-2H3,(H,23,25);1H. The minimum Gasteiger partial charge on any atom is -0.352 e. The summed E-state index contributed by atoms with van der Waals surface area (Å²) in [5.41, 5.74) is 3.32. The minimum absolute atomic E-state index is 0. The molecule has 0 spiro atoms. The molecular weight excluding hydrogens is 521 g/mol. The number of rotatable bonds is 5. The number of aliphatic imine (C=N–C) groups is 1. The third-order valence-electron chi connectivity index (χ3n) is 5.17. The molecule has 9 heteroatoms. The zero-order valence-corrected chi connectivity index (χ0v) is 21.0. The first-order valence-electron chi connectivity index (χ1n) is 10.3. The number of halogens is 1. The Labute approximate surface area is 204 Å². The first-order chi connectivity index (χ1) is 14.8. The van der Waals surface area contributed by atoms with E-state index in [2.05, 4.69) is 65.6 Å². The molecule has 0 saturated carbocycles. The van der Waals surface area contributed by atoms with E-state index in [0.717, 1.165) is 67.3 Å². The Morgan fingerprint density at radius 3 is 2.65 bits per heavy atom. The number of aryl methyl sites for hydroxylation is 1. The number of aromatic nitrogens is 3. The maximum atomic E-state index is 4.62. The molecule has 1 aromatic carbocycles. The van der Waals surface area contributed by atoms with E-state index in [9.17, 15) is 0 Å². The number of pyridine rings is 1. The molecule has 4 rings (SSSR count). The average Bonchev–Trinajstić information content (AvgIpc) is 3.30. The van der Waals surface area contributed by atoms with E-state index in [-0.39, 0.29) is 24.0 Å². The van der Waals surface area contributed by atoms with Gasteiger partial charge < -0.3 is 15.1 Å². The van der Waals surface area contributed by atoms with Crippen molar-refractivity contribution in [1.82, 2.24) is 24.6 Å². The van der Waals surface area contributed by atoms with Gasteiger partial charge in [0.2, 0.25) is 5.13 Å². The molecule has 0 atom stereocenters. The number of piperazine rings is 1. The Morgan fingerprint density at radius 2 is 1.97 bits per heavy atom. The SMILES string of the molecule is CCc1nsc(N2CCN(C(=NC)NCc3cccc(-c4ccccn4)c3)CC2)n1.I. The molecule has 1 fully saturated rings. The highest BCUT2D eigenvalue weighted by Crippen LogP contribution is 2.20. The summed E-state index contributed by atoms with van der Waals surface area (Å²) in [5.74, 6) is 1.87. The van der Waals surface area contributed by atoms with Gasteiger partial charge in [0.25, 0.3) is 0 Å². The lowest BCUT2D eigenvalue weighted by Gasteiger charge is -2.36. The third-order valence-corrected chi connectivity index (χ3v) is 5.99. The van der Waals surface area contributed by atoms with Gasteiger partial charge in [-0.05, 0) is 23.8 Å². The van der Waals surface area contributed by atoms with Crippen molar-refractivity contribution >= 4 is 46.6 Å². The number of benzene rings is 1. The quantitative estimate of drug-likeness (QED) is 0.298. The molecule has 0 aliphatic carbocycles. The summed E-state index contributed by atoms with van der Waals surface area (Å²) in [4.78, 5) is 18.2. The van der Waals surface area contributed by atoms with Crippen LogP contribution in [-0.2, 0) is 13.0 Å². The zero-order valence-electron chi connectivity index (χ0n) is 17.9. The first-order valence-corrected chi connectivity index (χ1v) is 11.1. The molecule has 3 heterocycles. The fraction of sp³-hybridized carbons (Fsp3) is 0.364. The molecule has 0 unspecified atom stereocenters. The van der Waals surface area contributed by atoms with Gasteiger partial charge in [0, 0.05) is 69.5 Å². The van der Waals surface area contributed by atoms with Crippen LogP contribution >= 0.6 is 35.5 Å². The van der Waals surface area contributed by atoms with Gasteiger partial charge in [-0.15, -0.1) is 24.0 Å². The molecule has 1 aliphatic rings. The van der Waals surface area contributed by atoms with Crippen LogP contribution in [0.2, 0.25) is 0 Å². The van der Waals surface area contributed by atoms with E-state index in [0.29, 0.717) is 0 Å². The van der Waals surface area contributed by atoms with Gasteiger partial charge in [0.1, 0.15) is 5.82 Å². The number of guanidine groups is 1. The summed E-state index contributed by atoms with van der Waals surface area (Å²) >= 11 is 1.50. The Hall–Kier alpha value is -2.27. The van der Waals surface area contributed by atoms with Crippen LogP contribution < -0.4 is 10.2 Å². The predicted molar refractivity (Wildman–Crippen MR) is 138 cm³/mol. The minimum atomic E-state index is 0. The second-order valence-electron chi connectivity index (χ2n) is 7.14. The Morgan fingerprint density at radius 1 is 1.13 bits per heavy atom. The summed E-state index contributed by atoms with van der Waals surface area (Å²) in [5, 5.41) is 4.54. The van der Waals surface area contributed by atoms with E-state index in [1.54, 1.807) is 0 Å². The zero-order chi connectivity index (χ0) is 20.8. The number of hydrogen-bond acceptors (Lipinski definition) is 6. The molecule has 1 N–H and O–H groups in total. The van der Waals surface area contributed by atoms with Gasteiger partial charge in [-0.2, -0.15) is 4.37 Å². The molecule has 1 aliphatic heterocycles. The van der Waals surface area contributed by atoms with Crippen molar-refractivity contribution in [3.05, 3.63) is 60.0 Å². The topological polar surface area (TPSA) is 69.5 Å². The number of nitrogens with one attached hydrogen (secondary N) is 1. The second kappa shape index (κ2) is 11.4. The number of anilines is 1. The van der Waals surface area contributed by atoms with E-state index in [1.165, 1.54) is 17.1 Å². The van der Waals surface area contributed by atoms with Crippen LogP contribution in [0.25, 0.3) is 11.3 Å². The summed E-state index contributed by atoms with van der Waals surface area (Å²) in [6.45, 7) is 6.49. The molecule has 0 amide bonds. The van der Waals surface area contributed by atoms with Crippen LogP contribution in [0.15, 0.2) is 53.7 Å². The summed E-state index contributed by atoms with van der Waals surface area (Å²) in [7, 11) is 1.84. The first kappa shape index (κ1) is 23.4. The van der Waals surface area contributed by atoms with E-state index in [4.69, 9.17) is 0 Å². The van der Waals surface area contributed by atoms with Crippen molar-refractivity contribution in [2.24, 2.45) is 4.99 Å². The molecule has 0 radical (unpaired) electrons. The maximum absolute atomic E-state index is 4.62. The van der Waals surface area contributed by atoms with Gasteiger partial charge >= 0.3 is 0 Å². The van der Waals surface area contributed by atoms with Crippen molar-refractivity contribution in [1.29, 1.82) is 0 Å². The molecule has 3 aromatic rings. The molecule has 7 nitrogen and oxygen atoms in total. The Kier molecular flexibility index (Phi) is 8.59. The van der Waals surface area contributed by atoms with E-state index in [1.807, 2.05) is 31.4 Å². The summed E-state index contributed by atoms with van der Waals surface area (Å²) < 4.78 is 4.41. The van der Waals surface area contributed by atoms with Crippen LogP contribution in [0.5, 0.6) is 0 Å². The van der Waals surface area contributed by atoms with Crippen LogP contribution in [0.3, 0.4) is 0 Å². The molecular formula is C22H28IN7S. The van der Waals surface area contributed by atoms with E-state index >= 15 is 0 Å². The van der Waals surface area contributed by atoms with Crippen molar-refractivity contribution in [3.63, 3.8) is 0 Å². The van der Waals surface area contributed by atoms with Crippen molar-refractivity contribution < 1.29 is 0 Å². The van der Waals surface area contributed by atoms with Crippen LogP contribution in [0.4, 0.5) is 5.13 Å². The van der Waals surface area contributed by atoms with E-state index < -0.39 is 0 Å². The Bertz CT molecular complexity index is 984. The maximum Gasteiger partial charge on any atom is 0.205 e. The summed E-state index contributed by atoms with van der Waals surface area (Å²) in [6.07, 6.45) is 2.71. The molecule has 0 bridgehead atoms. The van der Waals surface area contributed by atoms with Crippen molar-refractivity contribution in [3.8, 4) is 11.3 Å². The molecule has 164 valence electrons. The normalized spacial score (nSPS) is 14.3. The largest absolute Gasteiger partial charge is 0.352 e. The van der Waals surface area contributed by atoms with Crippen molar-refractivity contribution in [2.45, 2.75) is 19.9 Å². The van der Waals surface area contributed by atoms with Crippen LogP contribution in [0, 0.1) is 0 Å². The van der Waals surface area contributed by atoms with Gasteiger partial charge in [-0.3, -0.25) is 9.98 Å². The van der Waals surface area contributed by atoms with Gasteiger partial charge in [-0.1, -0.05) is 31.2 Å². The van der Waals surface area contributed by atoms with Gasteiger partial charge in [0.05, 0.1) is 5.69 Å². The lowest BCUT2D eigenvalue weighted by atomic mass is 10.1. The predicted octanol–water partition coefficient (Wildman–Crippen LogP) is 3.68. The molecule has 2 aromatic heterocycles. The fourth-order valence-electron chi connectivity index (χ4n) is 3.51. The highest BCUT2D eigenvalue weighted by molar-refractivity contribution is 14.0. The molecule has 1 saturated heterocycles. The highest BCUT2D eigenvalue weighted by atomic mass is 127. The van der Waals surface area contributed by atoms with Crippen LogP contribution in [-0.4, -0.2) is 58.4 Å². The number of nitrogens with zero attached hydrogens (tertiary/aromatic N) is 6. The van der Waals surface area contributed by atoms with Gasteiger partial charge in [-0.25, -0.2) is 4.98 Å². The van der Waals surface area contributed by atoms with Gasteiger partial charge in [0.15, 0.2) is 5.96 Å². The Balaban J connectivity index is 0.00000272. The van der Waals surface area contributed by atoms with Crippen LogP contribution in [0.1, 0.15) is 18.3 Å². The smallest absolute Gasteiger partial charge is 0.205 e. The third kappa shape index (κ3) is 5.91. The monoisotopic (exact) mass is 549 g/mol. The lowest BCUT2D eigenvalue weighted by molar-refractivity contribution is 0.372. The lowest BCUT2D eigenvalue weighted by Crippen LogP contribution is -2.52. The highest BCUT2D eigenvalue weighted by Gasteiger charge is 2.22.